The van der Waals surface area contributed by atoms with Gasteiger partial charge >= 0.3 is 0 Å². The van der Waals surface area contributed by atoms with Gasteiger partial charge in [0, 0.05) is 31.2 Å². The van der Waals surface area contributed by atoms with Crippen LogP contribution >= 0.6 is 0 Å². The lowest BCUT2D eigenvalue weighted by molar-refractivity contribution is -0.126. The molecule has 0 spiro atoms. The van der Waals surface area contributed by atoms with E-state index in [-0.39, 0.29) is 0 Å². The molecule has 0 saturated heterocycles. The van der Waals surface area contributed by atoms with E-state index in [0.29, 0.717) is 23.5 Å². The predicted octanol–water partition coefficient (Wildman–Crippen LogP) is 2.84. The Morgan fingerprint density at radius 2 is 2.06 bits per heavy atom. The van der Waals surface area contributed by atoms with Gasteiger partial charge in [-0.3, -0.25) is 0 Å². The third-order valence-electron chi connectivity index (χ3n) is 4.20. The van der Waals surface area contributed by atoms with Gasteiger partial charge < -0.3 is 14.8 Å². The van der Waals surface area contributed by atoms with Crippen molar-refractivity contribution in [1.82, 2.24) is 5.32 Å². The van der Waals surface area contributed by atoms with Gasteiger partial charge in [0.2, 0.25) is 0 Å². The lowest BCUT2D eigenvalue weighted by Gasteiger charge is -2.53. The van der Waals surface area contributed by atoms with E-state index in [9.17, 15) is 0 Å². The molecule has 0 radical (unpaired) electrons. The Hall–Kier alpha value is -0.120. The molecule has 0 aromatic rings. The van der Waals surface area contributed by atoms with Crippen LogP contribution in [-0.2, 0) is 9.47 Å². The quantitative estimate of drug-likeness (QED) is 0.644. The van der Waals surface area contributed by atoms with Gasteiger partial charge in [-0.15, -0.1) is 0 Å². The van der Waals surface area contributed by atoms with Crippen molar-refractivity contribution in [3.63, 3.8) is 0 Å². The van der Waals surface area contributed by atoms with E-state index >= 15 is 0 Å². The standard InChI is InChI=1S/C15H31NO2/c1-6-15(5)13(10-14(15)18-7-2)16-8-9-17-11-12(3)4/h12-14,16H,6-11H2,1-5H3. The Labute approximate surface area is 113 Å². The topological polar surface area (TPSA) is 30.5 Å². The zero-order chi connectivity index (χ0) is 13.6. The average Bonchev–Trinajstić information content (AvgIpc) is 2.34. The molecule has 0 amide bonds. The highest BCUT2D eigenvalue weighted by Gasteiger charge is 2.50. The van der Waals surface area contributed by atoms with Gasteiger partial charge in [-0.2, -0.15) is 0 Å². The molecule has 0 aromatic carbocycles. The summed E-state index contributed by atoms with van der Waals surface area (Å²) >= 11 is 0. The van der Waals surface area contributed by atoms with Gasteiger partial charge in [-0.1, -0.05) is 27.7 Å². The van der Waals surface area contributed by atoms with E-state index in [2.05, 4.69) is 39.9 Å². The summed E-state index contributed by atoms with van der Waals surface area (Å²) < 4.78 is 11.4. The van der Waals surface area contributed by atoms with E-state index in [4.69, 9.17) is 9.47 Å². The molecule has 1 saturated carbocycles. The summed E-state index contributed by atoms with van der Waals surface area (Å²) in [4.78, 5) is 0. The van der Waals surface area contributed by atoms with E-state index < -0.39 is 0 Å². The zero-order valence-corrected chi connectivity index (χ0v) is 12.8. The summed E-state index contributed by atoms with van der Waals surface area (Å²) in [5.41, 5.74) is 0.300. The van der Waals surface area contributed by atoms with Gasteiger partial charge in [-0.25, -0.2) is 0 Å². The zero-order valence-electron chi connectivity index (χ0n) is 12.8. The summed E-state index contributed by atoms with van der Waals surface area (Å²) in [6.07, 6.45) is 2.74. The molecule has 1 N–H and O–H groups in total. The van der Waals surface area contributed by atoms with Crippen LogP contribution in [0.2, 0.25) is 0 Å². The number of nitrogens with one attached hydrogen (secondary N) is 1. The second kappa shape index (κ2) is 7.46. The molecule has 1 fully saturated rings. The van der Waals surface area contributed by atoms with Gasteiger partial charge in [0.1, 0.15) is 0 Å². The Kier molecular flexibility index (Phi) is 6.61. The molecule has 0 aromatic heterocycles. The fourth-order valence-corrected chi connectivity index (χ4v) is 2.69. The Bertz CT molecular complexity index is 233. The molecule has 1 aliphatic rings. The Morgan fingerprint density at radius 3 is 2.61 bits per heavy atom. The predicted molar refractivity (Wildman–Crippen MR) is 75.9 cm³/mol. The monoisotopic (exact) mass is 257 g/mol. The minimum atomic E-state index is 0.300. The second-order valence-electron chi connectivity index (χ2n) is 6.01. The molecule has 1 aliphatic carbocycles. The third-order valence-corrected chi connectivity index (χ3v) is 4.20. The van der Waals surface area contributed by atoms with Crippen molar-refractivity contribution in [3.8, 4) is 0 Å². The normalized spacial score (nSPS) is 31.7. The minimum absolute atomic E-state index is 0.300. The maximum atomic E-state index is 5.80. The van der Waals surface area contributed by atoms with Crippen LogP contribution in [0, 0.1) is 11.3 Å². The lowest BCUT2D eigenvalue weighted by Crippen LogP contribution is -2.62. The van der Waals surface area contributed by atoms with Crippen LogP contribution in [0.5, 0.6) is 0 Å². The van der Waals surface area contributed by atoms with E-state index in [1.165, 1.54) is 6.42 Å². The van der Waals surface area contributed by atoms with Crippen molar-refractivity contribution < 1.29 is 9.47 Å². The Morgan fingerprint density at radius 1 is 1.33 bits per heavy atom. The highest BCUT2D eigenvalue weighted by molar-refractivity contribution is 5.04. The fraction of sp³-hybridized carbons (Fsp3) is 1.00. The first-order valence-corrected chi connectivity index (χ1v) is 7.47. The largest absolute Gasteiger partial charge is 0.380 e. The summed E-state index contributed by atoms with van der Waals surface area (Å²) in [6, 6.07) is 0.585. The lowest BCUT2D eigenvalue weighted by atomic mass is 9.61. The summed E-state index contributed by atoms with van der Waals surface area (Å²) in [7, 11) is 0. The first-order chi connectivity index (χ1) is 8.54. The number of hydrogen-bond acceptors (Lipinski definition) is 3. The molecular weight excluding hydrogens is 226 g/mol. The van der Waals surface area contributed by atoms with Crippen LogP contribution in [0.15, 0.2) is 0 Å². The highest BCUT2D eigenvalue weighted by atomic mass is 16.5. The van der Waals surface area contributed by atoms with Gasteiger partial charge in [0.15, 0.2) is 0 Å². The van der Waals surface area contributed by atoms with Crippen molar-refractivity contribution in [1.29, 1.82) is 0 Å². The number of rotatable bonds is 9. The summed E-state index contributed by atoms with van der Waals surface area (Å²) in [5, 5.41) is 3.62. The van der Waals surface area contributed by atoms with Crippen LogP contribution in [0.3, 0.4) is 0 Å². The molecule has 18 heavy (non-hydrogen) atoms. The minimum Gasteiger partial charge on any atom is -0.380 e. The van der Waals surface area contributed by atoms with E-state index in [1.807, 2.05) is 0 Å². The summed E-state index contributed by atoms with van der Waals surface area (Å²) in [5.74, 6) is 0.622. The van der Waals surface area contributed by atoms with Crippen molar-refractivity contribution in [2.24, 2.45) is 11.3 Å². The molecule has 0 heterocycles. The molecule has 3 nitrogen and oxygen atoms in total. The fourth-order valence-electron chi connectivity index (χ4n) is 2.69. The van der Waals surface area contributed by atoms with Gasteiger partial charge in [-0.05, 0) is 25.7 Å². The molecule has 108 valence electrons. The van der Waals surface area contributed by atoms with Crippen LogP contribution in [0.1, 0.15) is 47.5 Å². The van der Waals surface area contributed by atoms with Gasteiger partial charge in [0.05, 0.1) is 12.7 Å². The van der Waals surface area contributed by atoms with E-state index in [0.717, 1.165) is 32.8 Å². The van der Waals surface area contributed by atoms with E-state index in [1.54, 1.807) is 0 Å². The SMILES string of the molecule is CCOC1CC(NCCOCC(C)C)C1(C)CC. The van der Waals surface area contributed by atoms with Crippen molar-refractivity contribution in [3.05, 3.63) is 0 Å². The maximum absolute atomic E-state index is 5.80. The summed E-state index contributed by atoms with van der Waals surface area (Å²) in [6.45, 7) is 14.5. The number of hydrogen-bond donors (Lipinski definition) is 1. The molecule has 0 bridgehead atoms. The Balaban J connectivity index is 2.19. The molecule has 3 heteroatoms. The molecule has 3 atom stereocenters. The van der Waals surface area contributed by atoms with Crippen LogP contribution < -0.4 is 5.32 Å². The molecule has 1 rings (SSSR count). The smallest absolute Gasteiger partial charge is 0.0658 e. The highest BCUT2D eigenvalue weighted by Crippen LogP contribution is 2.45. The molecular formula is C15H31NO2. The molecule has 0 aliphatic heterocycles. The van der Waals surface area contributed by atoms with Crippen molar-refractivity contribution in [2.75, 3.05) is 26.4 Å². The second-order valence-corrected chi connectivity index (χ2v) is 6.01. The van der Waals surface area contributed by atoms with Crippen LogP contribution in [0.4, 0.5) is 0 Å². The third kappa shape index (κ3) is 3.94. The first kappa shape index (κ1) is 15.9. The van der Waals surface area contributed by atoms with Gasteiger partial charge in [0.25, 0.3) is 0 Å². The average molecular weight is 257 g/mol. The van der Waals surface area contributed by atoms with Crippen LogP contribution in [-0.4, -0.2) is 38.5 Å². The molecule has 3 unspecified atom stereocenters. The van der Waals surface area contributed by atoms with Crippen LogP contribution in [0.25, 0.3) is 0 Å². The first-order valence-electron chi connectivity index (χ1n) is 7.47. The van der Waals surface area contributed by atoms with Crippen molar-refractivity contribution in [2.45, 2.75) is 59.6 Å². The van der Waals surface area contributed by atoms with Crippen molar-refractivity contribution >= 4 is 0 Å². The number of ether oxygens (including phenoxy) is 2. The maximum Gasteiger partial charge on any atom is 0.0658 e.